The molecule has 0 saturated heterocycles. The molecule has 2 rings (SSSR count). The third-order valence-electron chi connectivity index (χ3n) is 2.87. The lowest BCUT2D eigenvalue weighted by Gasteiger charge is -2.20. The molecule has 0 radical (unpaired) electrons. The van der Waals surface area contributed by atoms with Crippen LogP contribution in [0.25, 0.3) is 11.3 Å². The van der Waals surface area contributed by atoms with Gasteiger partial charge in [-0.25, -0.2) is 4.79 Å². The molecule has 1 heterocycles. The Hall–Kier alpha value is -2.10. The van der Waals surface area contributed by atoms with Crippen molar-refractivity contribution >= 4 is 6.01 Å². The first-order chi connectivity index (χ1) is 9.26. The van der Waals surface area contributed by atoms with Crippen molar-refractivity contribution in [3.05, 3.63) is 45.8 Å². The lowest BCUT2D eigenvalue weighted by molar-refractivity contribution is 0.478. The molecule has 20 heavy (non-hydrogen) atoms. The normalized spacial score (nSPS) is 11.4. The summed E-state index contributed by atoms with van der Waals surface area (Å²) in [6.45, 7) is 9.71. The third kappa shape index (κ3) is 3.26. The summed E-state index contributed by atoms with van der Waals surface area (Å²) in [4.78, 5) is 16.4. The van der Waals surface area contributed by atoms with Crippen molar-refractivity contribution < 1.29 is 4.42 Å². The van der Waals surface area contributed by atoms with Gasteiger partial charge in [-0.2, -0.15) is 4.98 Å². The van der Waals surface area contributed by atoms with Gasteiger partial charge in [-0.3, -0.25) is 0 Å². The molecule has 1 N–H and O–H groups in total. The zero-order valence-electron chi connectivity index (χ0n) is 12.6. The Balaban J connectivity index is 2.52. The number of anilines is 1. The van der Waals surface area contributed by atoms with Crippen molar-refractivity contribution in [2.75, 3.05) is 5.32 Å². The van der Waals surface area contributed by atoms with E-state index >= 15 is 0 Å². The molecule has 4 heteroatoms. The predicted molar refractivity (Wildman–Crippen MR) is 81.1 cm³/mol. The topological polar surface area (TPSA) is 55.1 Å². The maximum atomic E-state index is 11.9. The molecule has 0 aliphatic rings. The van der Waals surface area contributed by atoms with Crippen molar-refractivity contribution in [2.45, 2.75) is 40.2 Å². The lowest BCUT2D eigenvalue weighted by Crippen LogP contribution is -2.27. The van der Waals surface area contributed by atoms with Crippen LogP contribution in [0, 0.1) is 13.8 Å². The minimum atomic E-state index is -0.359. The number of nitrogens with one attached hydrogen (secondary N) is 1. The van der Waals surface area contributed by atoms with Crippen LogP contribution in [0.5, 0.6) is 0 Å². The monoisotopic (exact) mass is 272 g/mol. The molecule has 0 amide bonds. The van der Waals surface area contributed by atoms with Crippen molar-refractivity contribution in [1.82, 2.24) is 4.98 Å². The molecule has 0 unspecified atom stereocenters. The van der Waals surface area contributed by atoms with Gasteiger partial charge in [-0.1, -0.05) is 29.8 Å². The number of hydrogen-bond acceptors (Lipinski definition) is 4. The number of aromatic nitrogens is 1. The quantitative estimate of drug-likeness (QED) is 0.908. The largest absolute Gasteiger partial charge is 0.389 e. The molecule has 1 aromatic heterocycles. The Morgan fingerprint density at radius 2 is 1.70 bits per heavy atom. The highest BCUT2D eigenvalue weighted by atomic mass is 16.4. The number of benzene rings is 1. The van der Waals surface area contributed by atoms with E-state index in [1.807, 2.05) is 52.0 Å². The maximum absolute atomic E-state index is 11.9. The zero-order valence-corrected chi connectivity index (χ0v) is 12.6. The molecule has 0 bridgehead atoms. The summed E-state index contributed by atoms with van der Waals surface area (Å²) in [5.74, 6) is 0. The smallest absolute Gasteiger partial charge is 0.343 e. The Labute approximate surface area is 118 Å². The van der Waals surface area contributed by atoms with Crippen LogP contribution in [0.4, 0.5) is 6.01 Å². The summed E-state index contributed by atoms with van der Waals surface area (Å²) in [6, 6.07) is 8.18. The highest BCUT2D eigenvalue weighted by Gasteiger charge is 2.16. The predicted octanol–water partition coefficient (Wildman–Crippen LogP) is 3.53. The second kappa shape index (κ2) is 5.12. The average molecular weight is 272 g/mol. The first-order valence-electron chi connectivity index (χ1n) is 6.63. The van der Waals surface area contributed by atoms with Crippen LogP contribution in [0.3, 0.4) is 0 Å². The van der Waals surface area contributed by atoms with E-state index in [0.717, 1.165) is 5.56 Å². The summed E-state index contributed by atoms with van der Waals surface area (Å²) >= 11 is 0. The van der Waals surface area contributed by atoms with Crippen molar-refractivity contribution in [3.8, 4) is 11.3 Å². The van der Waals surface area contributed by atoms with Crippen LogP contribution in [-0.2, 0) is 0 Å². The van der Waals surface area contributed by atoms with E-state index in [9.17, 15) is 4.79 Å². The van der Waals surface area contributed by atoms with Gasteiger partial charge in [-0.05, 0) is 34.6 Å². The van der Waals surface area contributed by atoms with Crippen LogP contribution in [0.15, 0.2) is 33.5 Å². The van der Waals surface area contributed by atoms with Crippen LogP contribution in [-0.4, -0.2) is 10.5 Å². The number of hydrogen-bond donors (Lipinski definition) is 1. The fourth-order valence-electron chi connectivity index (χ4n) is 1.84. The molecule has 106 valence electrons. The molecule has 2 aromatic rings. The van der Waals surface area contributed by atoms with E-state index < -0.39 is 0 Å². The molecule has 1 aromatic carbocycles. The van der Waals surface area contributed by atoms with Gasteiger partial charge in [0.2, 0.25) is 0 Å². The molecule has 0 aliphatic carbocycles. The van der Waals surface area contributed by atoms with Crippen LogP contribution < -0.4 is 10.9 Å². The van der Waals surface area contributed by atoms with Crippen molar-refractivity contribution in [1.29, 1.82) is 0 Å². The highest BCUT2D eigenvalue weighted by Crippen LogP contribution is 2.22. The van der Waals surface area contributed by atoms with Crippen LogP contribution in [0.1, 0.15) is 31.9 Å². The summed E-state index contributed by atoms with van der Waals surface area (Å²) in [7, 11) is 0. The van der Waals surface area contributed by atoms with Crippen molar-refractivity contribution in [3.63, 3.8) is 0 Å². The van der Waals surface area contributed by atoms with Crippen molar-refractivity contribution in [2.24, 2.45) is 0 Å². The molecule has 0 saturated carbocycles. The van der Waals surface area contributed by atoms with E-state index in [1.165, 1.54) is 5.56 Å². The molecule has 0 aliphatic heterocycles. The summed E-state index contributed by atoms with van der Waals surface area (Å²) in [5.41, 5.74) is 2.69. The maximum Gasteiger partial charge on any atom is 0.343 e. The van der Waals surface area contributed by atoms with Gasteiger partial charge < -0.3 is 9.73 Å². The van der Waals surface area contributed by atoms with E-state index in [4.69, 9.17) is 4.42 Å². The van der Waals surface area contributed by atoms with E-state index in [-0.39, 0.29) is 17.2 Å². The second-order valence-corrected chi connectivity index (χ2v) is 6.02. The molecule has 0 fully saturated rings. The number of rotatable bonds is 2. The molecule has 4 nitrogen and oxygen atoms in total. The lowest BCUT2D eigenvalue weighted by atomic mass is 10.1. The molecule has 0 atom stereocenters. The highest BCUT2D eigenvalue weighted by molar-refractivity contribution is 5.63. The van der Waals surface area contributed by atoms with Gasteiger partial charge in [0.05, 0.1) is 11.3 Å². The first kappa shape index (κ1) is 14.3. The van der Waals surface area contributed by atoms with Gasteiger partial charge in [0.25, 0.3) is 6.01 Å². The van der Waals surface area contributed by atoms with Crippen LogP contribution >= 0.6 is 0 Å². The van der Waals surface area contributed by atoms with Gasteiger partial charge in [0, 0.05) is 11.1 Å². The Morgan fingerprint density at radius 1 is 1.10 bits per heavy atom. The van der Waals surface area contributed by atoms with Gasteiger partial charge >= 0.3 is 5.63 Å². The number of aryl methyl sites for hydroxylation is 1. The molecular formula is C16H20N2O2. The van der Waals surface area contributed by atoms with E-state index in [2.05, 4.69) is 10.3 Å². The van der Waals surface area contributed by atoms with Gasteiger partial charge in [0.1, 0.15) is 0 Å². The van der Waals surface area contributed by atoms with E-state index in [1.54, 1.807) is 6.92 Å². The summed E-state index contributed by atoms with van der Waals surface area (Å²) < 4.78 is 5.19. The fourth-order valence-corrected chi connectivity index (χ4v) is 1.84. The minimum Gasteiger partial charge on any atom is -0.389 e. The second-order valence-electron chi connectivity index (χ2n) is 6.02. The van der Waals surface area contributed by atoms with Gasteiger partial charge in [-0.15, -0.1) is 0 Å². The zero-order chi connectivity index (χ0) is 14.9. The fraction of sp³-hybridized carbons (Fsp3) is 0.375. The molecule has 0 spiro atoms. The average Bonchev–Trinajstić information content (AvgIpc) is 2.33. The molecular weight excluding hydrogens is 252 g/mol. The SMILES string of the molecule is Cc1ccc(-c2nc(NC(C)(C)C)oc(=O)c2C)cc1. The standard InChI is InChI=1S/C16H20N2O2/c1-10-6-8-12(9-7-10)13-11(2)14(19)20-15(17-13)18-16(3,4)5/h6-9H,1-5H3,(H,17,18). The minimum absolute atomic E-state index is 0.219. The Morgan fingerprint density at radius 3 is 2.25 bits per heavy atom. The Kier molecular flexibility index (Phi) is 3.66. The summed E-state index contributed by atoms with van der Waals surface area (Å²) in [6.07, 6.45) is 0. The first-order valence-corrected chi connectivity index (χ1v) is 6.63. The Bertz CT molecular complexity index is 664. The number of nitrogens with zero attached hydrogens (tertiary/aromatic N) is 1. The third-order valence-corrected chi connectivity index (χ3v) is 2.87. The summed E-state index contributed by atoms with van der Waals surface area (Å²) in [5, 5.41) is 3.09. The van der Waals surface area contributed by atoms with E-state index in [0.29, 0.717) is 11.3 Å². The van der Waals surface area contributed by atoms with Crippen LogP contribution in [0.2, 0.25) is 0 Å². The van der Waals surface area contributed by atoms with Gasteiger partial charge in [0.15, 0.2) is 0 Å².